The summed E-state index contributed by atoms with van der Waals surface area (Å²) in [5, 5.41) is 52.7. The van der Waals surface area contributed by atoms with E-state index >= 15 is 0 Å². The van der Waals surface area contributed by atoms with Crippen LogP contribution in [0, 0.1) is 0 Å². The van der Waals surface area contributed by atoms with Crippen molar-refractivity contribution in [3.63, 3.8) is 0 Å². The van der Waals surface area contributed by atoms with Gasteiger partial charge in [-0.15, -0.1) is 0 Å². The fraction of sp³-hybridized carbons (Fsp3) is 0.667. The lowest BCUT2D eigenvalue weighted by atomic mass is 9.99. The standard InChI is InChI=1S/C36H58N2O9S/c1-4-5-6-7-8-9-10-11-12-13-14-15-16-22-30(40)28(25-46-36-35(43)34(42)33(41)31(24-39)47-36)37-48(44,45)32-23-18-19-26-27(32)20-17-21-29(26)38(2)3/h16-23,28,30-31,33-37,39-43H,4-15,24-25H2,1-3H3/b22-16+/t28-,30+,31+,33+,34-,35+,36?/m0/s1. The molecule has 1 aliphatic rings. The fourth-order valence-corrected chi connectivity index (χ4v) is 7.51. The van der Waals surface area contributed by atoms with Crippen LogP contribution in [0.1, 0.15) is 84.0 Å². The number of hydrogen-bond donors (Lipinski definition) is 6. The lowest BCUT2D eigenvalue weighted by molar-refractivity contribution is -0.302. The van der Waals surface area contributed by atoms with E-state index in [0.717, 1.165) is 36.8 Å². The summed E-state index contributed by atoms with van der Waals surface area (Å²) in [6.45, 7) is 1.15. The van der Waals surface area contributed by atoms with E-state index in [1.54, 1.807) is 18.2 Å². The molecule has 1 heterocycles. The molecule has 1 aliphatic heterocycles. The Hall–Kier alpha value is -2.13. The SMILES string of the molecule is CCCCCCCCCCCCC/C=C/[C@@H](O)[C@H](COC1O[C@H](CO)[C@@H](O)[C@H](O)[C@H]1O)NS(=O)(=O)c1cccc2c(N(C)C)cccc12. The Morgan fingerprint density at radius 2 is 1.48 bits per heavy atom. The van der Waals surface area contributed by atoms with Gasteiger partial charge in [-0.1, -0.05) is 108 Å². The highest BCUT2D eigenvalue weighted by atomic mass is 32.2. The Labute approximate surface area is 286 Å². The lowest BCUT2D eigenvalue weighted by Crippen LogP contribution is -2.60. The van der Waals surface area contributed by atoms with Gasteiger partial charge in [-0.3, -0.25) is 0 Å². The number of nitrogens with one attached hydrogen (secondary N) is 1. The Morgan fingerprint density at radius 1 is 0.875 bits per heavy atom. The van der Waals surface area contributed by atoms with Crippen LogP contribution in [0.15, 0.2) is 53.4 Å². The molecule has 3 rings (SSSR count). The van der Waals surface area contributed by atoms with Gasteiger partial charge in [0.15, 0.2) is 6.29 Å². The van der Waals surface area contributed by atoms with E-state index in [4.69, 9.17) is 9.47 Å². The van der Waals surface area contributed by atoms with Gasteiger partial charge in [0.05, 0.1) is 30.3 Å². The van der Waals surface area contributed by atoms with Crippen molar-refractivity contribution >= 4 is 26.5 Å². The predicted octanol–water partition coefficient (Wildman–Crippen LogP) is 3.99. The smallest absolute Gasteiger partial charge is 0.241 e. The summed E-state index contributed by atoms with van der Waals surface area (Å²) in [4.78, 5) is 1.92. The second-order valence-electron chi connectivity index (χ2n) is 13.0. The van der Waals surface area contributed by atoms with Crippen LogP contribution in [0.4, 0.5) is 5.69 Å². The normalized spacial score (nSPS) is 23.1. The Bertz CT molecular complexity index is 1350. The van der Waals surface area contributed by atoms with E-state index in [9.17, 15) is 34.0 Å². The molecule has 12 heteroatoms. The van der Waals surface area contributed by atoms with Gasteiger partial charge in [0, 0.05) is 30.6 Å². The van der Waals surface area contributed by atoms with Crippen molar-refractivity contribution in [3.05, 3.63) is 48.6 Å². The third kappa shape index (κ3) is 11.7. The molecule has 2 aromatic rings. The van der Waals surface area contributed by atoms with E-state index in [2.05, 4.69) is 11.6 Å². The van der Waals surface area contributed by atoms with E-state index in [-0.39, 0.29) is 4.90 Å². The maximum Gasteiger partial charge on any atom is 0.241 e. The quantitative estimate of drug-likeness (QED) is 0.0783. The van der Waals surface area contributed by atoms with Crippen LogP contribution in [0.5, 0.6) is 0 Å². The highest BCUT2D eigenvalue weighted by Gasteiger charge is 2.44. The van der Waals surface area contributed by atoms with Crippen LogP contribution >= 0.6 is 0 Å². The van der Waals surface area contributed by atoms with E-state index in [1.807, 2.05) is 37.2 Å². The zero-order valence-corrected chi connectivity index (χ0v) is 29.6. The zero-order valence-electron chi connectivity index (χ0n) is 28.8. The third-order valence-corrected chi connectivity index (χ3v) is 10.5. The monoisotopic (exact) mass is 694 g/mol. The first-order valence-electron chi connectivity index (χ1n) is 17.5. The number of anilines is 1. The Morgan fingerprint density at radius 3 is 2.10 bits per heavy atom. The summed E-state index contributed by atoms with van der Waals surface area (Å²) in [5.41, 5.74) is 0.845. The van der Waals surface area contributed by atoms with Crippen molar-refractivity contribution in [1.82, 2.24) is 4.72 Å². The highest BCUT2D eigenvalue weighted by Crippen LogP contribution is 2.30. The van der Waals surface area contributed by atoms with E-state index in [1.165, 1.54) is 63.5 Å². The van der Waals surface area contributed by atoms with Gasteiger partial charge in [-0.2, -0.15) is 0 Å². The number of aliphatic hydroxyl groups excluding tert-OH is 5. The van der Waals surface area contributed by atoms with Crippen molar-refractivity contribution in [1.29, 1.82) is 0 Å². The van der Waals surface area contributed by atoms with Crippen LogP contribution < -0.4 is 9.62 Å². The first-order chi connectivity index (χ1) is 23.0. The molecule has 0 bridgehead atoms. The second kappa shape index (κ2) is 20.5. The largest absolute Gasteiger partial charge is 0.394 e. The van der Waals surface area contributed by atoms with Gasteiger partial charge in [-0.05, 0) is 25.0 Å². The first-order valence-corrected chi connectivity index (χ1v) is 19.0. The summed E-state index contributed by atoms with van der Waals surface area (Å²) >= 11 is 0. The van der Waals surface area contributed by atoms with Gasteiger partial charge < -0.3 is 39.9 Å². The van der Waals surface area contributed by atoms with Crippen molar-refractivity contribution in [3.8, 4) is 0 Å². The van der Waals surface area contributed by atoms with Crippen LogP contribution in [0.25, 0.3) is 10.8 Å². The summed E-state index contributed by atoms with van der Waals surface area (Å²) in [6, 6.07) is 9.19. The zero-order chi connectivity index (χ0) is 35.1. The Balaban J connectivity index is 1.67. The highest BCUT2D eigenvalue weighted by molar-refractivity contribution is 7.89. The van der Waals surface area contributed by atoms with Crippen LogP contribution in [0.2, 0.25) is 0 Å². The molecule has 1 fully saturated rings. The molecule has 0 amide bonds. The molecule has 7 atom stereocenters. The van der Waals surface area contributed by atoms with Crippen LogP contribution in [-0.2, 0) is 19.5 Å². The topological polar surface area (TPSA) is 169 Å². The number of hydrogen-bond acceptors (Lipinski definition) is 10. The first kappa shape index (κ1) is 40.3. The van der Waals surface area contributed by atoms with Crippen LogP contribution in [0.3, 0.4) is 0 Å². The number of allylic oxidation sites excluding steroid dienone is 1. The molecule has 0 aliphatic carbocycles. The minimum Gasteiger partial charge on any atom is -0.394 e. The van der Waals surface area contributed by atoms with Gasteiger partial charge in [-0.25, -0.2) is 13.1 Å². The van der Waals surface area contributed by atoms with Gasteiger partial charge in [0.2, 0.25) is 10.0 Å². The third-order valence-electron chi connectivity index (χ3n) is 8.95. The van der Waals surface area contributed by atoms with Gasteiger partial charge >= 0.3 is 0 Å². The molecule has 11 nitrogen and oxygen atoms in total. The maximum atomic E-state index is 13.8. The Kier molecular flexibility index (Phi) is 17.2. The molecule has 0 aromatic heterocycles. The van der Waals surface area contributed by atoms with Crippen molar-refractivity contribution in [2.45, 2.75) is 132 Å². The fourth-order valence-electron chi connectivity index (χ4n) is 6.05. The van der Waals surface area contributed by atoms with E-state index in [0.29, 0.717) is 5.39 Å². The molecule has 1 unspecified atom stereocenters. The molecule has 0 spiro atoms. The number of nitrogens with zero attached hydrogens (tertiary/aromatic N) is 1. The average molecular weight is 695 g/mol. The maximum absolute atomic E-state index is 13.8. The lowest BCUT2D eigenvalue weighted by Gasteiger charge is -2.40. The summed E-state index contributed by atoms with van der Waals surface area (Å²) in [5.74, 6) is 0. The van der Waals surface area contributed by atoms with E-state index < -0.39 is 66.1 Å². The predicted molar refractivity (Wildman–Crippen MR) is 188 cm³/mol. The summed E-state index contributed by atoms with van der Waals surface area (Å²) in [6.07, 6.45) is 8.68. The summed E-state index contributed by atoms with van der Waals surface area (Å²) < 4.78 is 41.4. The number of fused-ring (bicyclic) bond motifs is 1. The molecule has 2 aromatic carbocycles. The number of sulfonamides is 1. The average Bonchev–Trinajstić information content (AvgIpc) is 3.07. The number of aliphatic hydroxyl groups is 5. The molecule has 0 radical (unpaired) electrons. The summed E-state index contributed by atoms with van der Waals surface area (Å²) in [7, 11) is -0.458. The van der Waals surface area contributed by atoms with Gasteiger partial charge in [0.25, 0.3) is 0 Å². The van der Waals surface area contributed by atoms with Gasteiger partial charge in [0.1, 0.15) is 24.4 Å². The molecule has 1 saturated heterocycles. The molecule has 6 N–H and O–H groups in total. The second-order valence-corrected chi connectivity index (χ2v) is 14.7. The van der Waals surface area contributed by atoms with Crippen molar-refractivity contribution in [2.75, 3.05) is 32.2 Å². The molecular formula is C36H58N2O9S. The number of benzene rings is 2. The minimum absolute atomic E-state index is 0.0266. The number of unbranched alkanes of at least 4 members (excludes halogenated alkanes) is 11. The molecule has 0 saturated carbocycles. The number of ether oxygens (including phenoxy) is 2. The van der Waals surface area contributed by atoms with Crippen LogP contribution in [-0.4, -0.2) is 104 Å². The number of rotatable bonds is 22. The molecule has 48 heavy (non-hydrogen) atoms. The molecule has 272 valence electrons. The minimum atomic E-state index is -4.21. The van der Waals surface area contributed by atoms with Crippen molar-refractivity contribution in [2.24, 2.45) is 0 Å². The molecular weight excluding hydrogens is 636 g/mol. The van der Waals surface area contributed by atoms with Crippen molar-refractivity contribution < 1.29 is 43.4 Å².